The predicted octanol–water partition coefficient (Wildman–Crippen LogP) is 2.52. The van der Waals surface area contributed by atoms with Gasteiger partial charge in [0, 0.05) is 38.4 Å². The first-order valence-electron chi connectivity index (χ1n) is 6.47. The molecule has 92 valence electrons. The summed E-state index contributed by atoms with van der Waals surface area (Å²) in [7, 11) is 2.05. The van der Waals surface area contributed by atoms with Gasteiger partial charge in [0.25, 0.3) is 0 Å². The maximum atomic E-state index is 4.32. The van der Waals surface area contributed by atoms with Crippen LogP contribution in [0.15, 0.2) is 12.4 Å². The van der Waals surface area contributed by atoms with E-state index in [4.69, 9.17) is 0 Å². The molecular weight excluding hydrogens is 198 g/mol. The maximum absolute atomic E-state index is 4.32. The summed E-state index contributed by atoms with van der Waals surface area (Å²) in [6.07, 6.45) is 10.0. The fourth-order valence-corrected chi connectivity index (χ4v) is 1.93. The number of nitrogens with one attached hydrogen (secondary N) is 1. The molecule has 0 aliphatic rings. The van der Waals surface area contributed by atoms with Crippen LogP contribution in [-0.2, 0) is 13.5 Å². The van der Waals surface area contributed by atoms with Gasteiger partial charge in [0.2, 0.25) is 0 Å². The summed E-state index contributed by atoms with van der Waals surface area (Å²) in [5, 5.41) is 3.62. The molecule has 1 heterocycles. The van der Waals surface area contributed by atoms with E-state index in [0.29, 0.717) is 6.04 Å². The van der Waals surface area contributed by atoms with Crippen molar-refractivity contribution < 1.29 is 0 Å². The van der Waals surface area contributed by atoms with Crippen molar-refractivity contribution in [3.63, 3.8) is 0 Å². The van der Waals surface area contributed by atoms with Crippen LogP contribution in [0.25, 0.3) is 0 Å². The molecule has 1 unspecified atom stereocenters. The molecule has 0 amide bonds. The van der Waals surface area contributed by atoms with Crippen molar-refractivity contribution in [3.05, 3.63) is 18.2 Å². The fourth-order valence-electron chi connectivity index (χ4n) is 1.93. The Hall–Kier alpha value is -0.830. The number of aryl methyl sites for hydroxylation is 1. The van der Waals surface area contributed by atoms with E-state index in [-0.39, 0.29) is 0 Å². The van der Waals surface area contributed by atoms with E-state index in [1.165, 1.54) is 25.7 Å². The Morgan fingerprint density at radius 2 is 2.25 bits per heavy atom. The van der Waals surface area contributed by atoms with E-state index in [1.807, 2.05) is 12.4 Å². The molecule has 1 aromatic rings. The largest absolute Gasteiger partial charge is 0.338 e. The molecule has 0 aliphatic carbocycles. The highest BCUT2D eigenvalue weighted by atomic mass is 15.0. The van der Waals surface area contributed by atoms with E-state index < -0.39 is 0 Å². The predicted molar refractivity (Wildman–Crippen MR) is 68.5 cm³/mol. The summed E-state index contributed by atoms with van der Waals surface area (Å²) in [6, 6.07) is 0.681. The van der Waals surface area contributed by atoms with E-state index >= 15 is 0 Å². The van der Waals surface area contributed by atoms with Gasteiger partial charge < -0.3 is 9.88 Å². The zero-order valence-corrected chi connectivity index (χ0v) is 10.9. The van der Waals surface area contributed by atoms with Crippen molar-refractivity contribution in [2.45, 2.75) is 52.0 Å². The second-order valence-electron chi connectivity index (χ2n) is 4.41. The Morgan fingerprint density at radius 1 is 1.44 bits per heavy atom. The van der Waals surface area contributed by atoms with Crippen molar-refractivity contribution in [1.29, 1.82) is 0 Å². The third-order valence-corrected chi connectivity index (χ3v) is 3.10. The molecule has 0 saturated carbocycles. The van der Waals surface area contributed by atoms with Crippen LogP contribution >= 0.6 is 0 Å². The molecule has 1 rings (SSSR count). The van der Waals surface area contributed by atoms with Crippen LogP contribution in [0.3, 0.4) is 0 Å². The molecule has 1 N–H and O–H groups in total. The second kappa shape index (κ2) is 7.44. The number of hydrogen-bond donors (Lipinski definition) is 1. The summed E-state index contributed by atoms with van der Waals surface area (Å²) in [5.74, 6) is 1.16. The Morgan fingerprint density at radius 3 is 2.81 bits per heavy atom. The van der Waals surface area contributed by atoms with Crippen molar-refractivity contribution >= 4 is 0 Å². The van der Waals surface area contributed by atoms with Crippen LogP contribution in [0.4, 0.5) is 0 Å². The zero-order chi connectivity index (χ0) is 11.8. The van der Waals surface area contributed by atoms with Crippen LogP contribution < -0.4 is 5.32 Å². The number of nitrogens with zero attached hydrogens (tertiary/aromatic N) is 2. The van der Waals surface area contributed by atoms with E-state index in [1.54, 1.807) is 0 Å². The summed E-state index contributed by atoms with van der Waals surface area (Å²) < 4.78 is 2.09. The molecule has 3 heteroatoms. The lowest BCUT2D eigenvalue weighted by atomic mass is 10.1. The molecule has 0 saturated heterocycles. The lowest BCUT2D eigenvalue weighted by Gasteiger charge is -2.16. The quantitative estimate of drug-likeness (QED) is 0.734. The lowest BCUT2D eigenvalue weighted by Crippen LogP contribution is -2.30. The normalized spacial score (nSPS) is 12.9. The second-order valence-corrected chi connectivity index (χ2v) is 4.41. The third kappa shape index (κ3) is 4.35. The number of rotatable bonds is 8. The first kappa shape index (κ1) is 13.2. The van der Waals surface area contributed by atoms with Crippen molar-refractivity contribution in [2.24, 2.45) is 7.05 Å². The number of aromatic nitrogens is 2. The molecule has 0 spiro atoms. The van der Waals surface area contributed by atoms with Crippen LogP contribution in [0, 0.1) is 0 Å². The fraction of sp³-hybridized carbons (Fsp3) is 0.769. The number of hydrogen-bond acceptors (Lipinski definition) is 2. The van der Waals surface area contributed by atoms with Crippen molar-refractivity contribution in [1.82, 2.24) is 14.9 Å². The molecule has 0 aromatic carbocycles. The Bertz CT molecular complexity index is 280. The van der Waals surface area contributed by atoms with Gasteiger partial charge in [-0.1, -0.05) is 26.7 Å². The Balaban J connectivity index is 2.20. The van der Waals surface area contributed by atoms with Crippen LogP contribution in [0.5, 0.6) is 0 Å². The summed E-state index contributed by atoms with van der Waals surface area (Å²) >= 11 is 0. The van der Waals surface area contributed by atoms with Crippen molar-refractivity contribution in [3.8, 4) is 0 Å². The minimum absolute atomic E-state index is 0.681. The third-order valence-electron chi connectivity index (χ3n) is 3.10. The van der Waals surface area contributed by atoms with Gasteiger partial charge in [-0.15, -0.1) is 0 Å². The van der Waals surface area contributed by atoms with Gasteiger partial charge in [0.05, 0.1) is 0 Å². The van der Waals surface area contributed by atoms with Crippen LogP contribution in [-0.4, -0.2) is 22.1 Å². The van der Waals surface area contributed by atoms with Gasteiger partial charge in [-0.05, 0) is 12.8 Å². The molecule has 0 bridgehead atoms. The molecule has 1 atom stereocenters. The Labute approximate surface area is 99.3 Å². The highest BCUT2D eigenvalue weighted by molar-refractivity contribution is 4.91. The molecule has 16 heavy (non-hydrogen) atoms. The summed E-state index contributed by atoms with van der Waals surface area (Å²) in [5.41, 5.74) is 0. The standard InChI is InChI=1S/C13H25N3/c1-4-6-7-12(5-2)14-9-8-13-15-10-11-16(13)3/h10-12,14H,4-9H2,1-3H3. The molecule has 0 fully saturated rings. The average Bonchev–Trinajstić information content (AvgIpc) is 2.69. The van der Waals surface area contributed by atoms with Crippen molar-refractivity contribution in [2.75, 3.05) is 6.54 Å². The monoisotopic (exact) mass is 223 g/mol. The van der Waals surface area contributed by atoms with Gasteiger partial charge >= 0.3 is 0 Å². The van der Waals surface area contributed by atoms with E-state index in [2.05, 4.69) is 35.8 Å². The molecule has 1 aromatic heterocycles. The SMILES string of the molecule is CCCCC(CC)NCCc1nccn1C. The minimum Gasteiger partial charge on any atom is -0.338 e. The number of imidazole rings is 1. The topological polar surface area (TPSA) is 29.9 Å². The molecule has 0 aliphatic heterocycles. The van der Waals surface area contributed by atoms with E-state index in [0.717, 1.165) is 18.8 Å². The van der Waals surface area contributed by atoms with Gasteiger partial charge in [-0.3, -0.25) is 0 Å². The van der Waals surface area contributed by atoms with Crippen LogP contribution in [0.1, 0.15) is 45.4 Å². The lowest BCUT2D eigenvalue weighted by molar-refractivity contribution is 0.452. The van der Waals surface area contributed by atoms with Crippen LogP contribution in [0.2, 0.25) is 0 Å². The number of unbranched alkanes of at least 4 members (excludes halogenated alkanes) is 1. The first-order valence-corrected chi connectivity index (χ1v) is 6.47. The minimum atomic E-state index is 0.681. The van der Waals surface area contributed by atoms with Gasteiger partial charge in [-0.2, -0.15) is 0 Å². The van der Waals surface area contributed by atoms with Gasteiger partial charge in [0.1, 0.15) is 5.82 Å². The molecule has 0 radical (unpaired) electrons. The zero-order valence-electron chi connectivity index (χ0n) is 10.9. The van der Waals surface area contributed by atoms with E-state index in [9.17, 15) is 0 Å². The first-order chi connectivity index (χ1) is 7.77. The Kier molecular flexibility index (Phi) is 6.16. The smallest absolute Gasteiger partial charge is 0.109 e. The highest BCUT2D eigenvalue weighted by Crippen LogP contribution is 2.04. The average molecular weight is 223 g/mol. The highest BCUT2D eigenvalue weighted by Gasteiger charge is 2.05. The molecular formula is C13H25N3. The summed E-state index contributed by atoms with van der Waals surface area (Å²) in [4.78, 5) is 4.32. The summed E-state index contributed by atoms with van der Waals surface area (Å²) in [6.45, 7) is 5.54. The van der Waals surface area contributed by atoms with Gasteiger partial charge in [-0.25, -0.2) is 4.98 Å². The maximum Gasteiger partial charge on any atom is 0.109 e. The van der Waals surface area contributed by atoms with Gasteiger partial charge in [0.15, 0.2) is 0 Å². The molecule has 3 nitrogen and oxygen atoms in total.